The third kappa shape index (κ3) is 3.28. The number of nitrogens with zero attached hydrogens (tertiary/aromatic N) is 3. The SMILES string of the molecule is FC(F)(F)c1ccc(CN2CCOC[C@H]2c2ncon2)cc1. The minimum Gasteiger partial charge on any atom is -0.378 e. The van der Waals surface area contributed by atoms with Crippen molar-refractivity contribution >= 4 is 0 Å². The lowest BCUT2D eigenvalue weighted by molar-refractivity contribution is -0.137. The molecule has 22 heavy (non-hydrogen) atoms. The summed E-state index contributed by atoms with van der Waals surface area (Å²) in [5.74, 6) is 0.520. The van der Waals surface area contributed by atoms with Gasteiger partial charge in [-0.05, 0) is 17.7 Å². The summed E-state index contributed by atoms with van der Waals surface area (Å²) < 4.78 is 47.9. The molecule has 0 spiro atoms. The largest absolute Gasteiger partial charge is 0.416 e. The van der Waals surface area contributed by atoms with Crippen LogP contribution in [0.1, 0.15) is 23.0 Å². The molecule has 118 valence electrons. The monoisotopic (exact) mass is 313 g/mol. The fourth-order valence-electron chi connectivity index (χ4n) is 2.42. The predicted molar refractivity (Wildman–Crippen MR) is 69.7 cm³/mol. The van der Waals surface area contributed by atoms with Gasteiger partial charge in [-0.1, -0.05) is 17.3 Å². The summed E-state index contributed by atoms with van der Waals surface area (Å²) in [6.07, 6.45) is -3.06. The third-order valence-electron chi connectivity index (χ3n) is 3.58. The number of rotatable bonds is 3. The standard InChI is InChI=1S/C14H14F3N3O2/c15-14(16,17)11-3-1-10(2-4-11)7-20-5-6-21-8-12(20)13-18-9-22-19-13/h1-4,9,12H,5-8H2/t12-/m0/s1. The second-order valence-corrected chi connectivity index (χ2v) is 5.05. The quantitative estimate of drug-likeness (QED) is 0.872. The molecule has 3 rings (SSSR count). The molecule has 1 aromatic heterocycles. The molecule has 1 aliphatic heterocycles. The van der Waals surface area contributed by atoms with Gasteiger partial charge in [0.1, 0.15) is 0 Å². The lowest BCUT2D eigenvalue weighted by Gasteiger charge is -2.33. The zero-order chi connectivity index (χ0) is 15.6. The number of benzene rings is 1. The molecule has 0 radical (unpaired) electrons. The Balaban J connectivity index is 1.73. The molecule has 1 saturated heterocycles. The Morgan fingerprint density at radius 2 is 2.00 bits per heavy atom. The lowest BCUT2D eigenvalue weighted by Crippen LogP contribution is -2.39. The maximum Gasteiger partial charge on any atom is 0.416 e. The molecule has 5 nitrogen and oxygen atoms in total. The van der Waals surface area contributed by atoms with Gasteiger partial charge in [0.15, 0.2) is 5.82 Å². The van der Waals surface area contributed by atoms with Crippen LogP contribution < -0.4 is 0 Å². The van der Waals surface area contributed by atoms with Gasteiger partial charge < -0.3 is 9.26 Å². The van der Waals surface area contributed by atoms with Crippen molar-refractivity contribution in [2.75, 3.05) is 19.8 Å². The van der Waals surface area contributed by atoms with Crippen LogP contribution in [-0.2, 0) is 17.5 Å². The van der Waals surface area contributed by atoms with Crippen molar-refractivity contribution in [1.82, 2.24) is 15.0 Å². The van der Waals surface area contributed by atoms with E-state index in [4.69, 9.17) is 9.26 Å². The number of alkyl halides is 3. The highest BCUT2D eigenvalue weighted by Gasteiger charge is 2.31. The van der Waals surface area contributed by atoms with E-state index in [-0.39, 0.29) is 6.04 Å². The van der Waals surface area contributed by atoms with Crippen molar-refractivity contribution in [2.24, 2.45) is 0 Å². The molecule has 0 N–H and O–H groups in total. The Kier molecular flexibility index (Phi) is 4.12. The summed E-state index contributed by atoms with van der Waals surface area (Å²) >= 11 is 0. The molecule has 0 bridgehead atoms. The van der Waals surface area contributed by atoms with Gasteiger partial charge in [-0.25, -0.2) is 0 Å². The second-order valence-electron chi connectivity index (χ2n) is 5.05. The van der Waals surface area contributed by atoms with Crippen molar-refractivity contribution in [3.05, 3.63) is 47.6 Å². The Labute approximate surface area is 124 Å². The van der Waals surface area contributed by atoms with Gasteiger partial charge in [0, 0.05) is 13.1 Å². The molecule has 2 heterocycles. The van der Waals surface area contributed by atoms with Crippen LogP contribution in [0.15, 0.2) is 35.2 Å². The zero-order valence-electron chi connectivity index (χ0n) is 11.6. The third-order valence-corrected chi connectivity index (χ3v) is 3.58. The van der Waals surface area contributed by atoms with Crippen molar-refractivity contribution in [3.63, 3.8) is 0 Å². The van der Waals surface area contributed by atoms with Crippen molar-refractivity contribution < 1.29 is 22.4 Å². The first kappa shape index (κ1) is 15.0. The van der Waals surface area contributed by atoms with Crippen LogP contribution in [-0.4, -0.2) is 34.8 Å². The minimum absolute atomic E-state index is 0.158. The molecular formula is C14H14F3N3O2. The Morgan fingerprint density at radius 1 is 1.23 bits per heavy atom. The van der Waals surface area contributed by atoms with Crippen LogP contribution in [0.5, 0.6) is 0 Å². The van der Waals surface area contributed by atoms with Crippen molar-refractivity contribution in [3.8, 4) is 0 Å². The number of halogens is 3. The van der Waals surface area contributed by atoms with Crippen LogP contribution in [0.2, 0.25) is 0 Å². The Morgan fingerprint density at radius 3 is 2.64 bits per heavy atom. The maximum absolute atomic E-state index is 12.6. The first-order valence-corrected chi connectivity index (χ1v) is 6.78. The fourth-order valence-corrected chi connectivity index (χ4v) is 2.42. The highest BCUT2D eigenvalue weighted by Crippen LogP contribution is 2.30. The second kappa shape index (κ2) is 6.05. The zero-order valence-corrected chi connectivity index (χ0v) is 11.6. The van der Waals surface area contributed by atoms with E-state index in [0.717, 1.165) is 17.7 Å². The molecule has 0 unspecified atom stereocenters. The van der Waals surface area contributed by atoms with E-state index in [1.54, 1.807) is 0 Å². The normalized spacial score (nSPS) is 20.2. The molecule has 1 fully saturated rings. The summed E-state index contributed by atoms with van der Waals surface area (Å²) in [6, 6.07) is 5.02. The molecule has 1 aliphatic rings. The summed E-state index contributed by atoms with van der Waals surface area (Å²) in [5, 5.41) is 3.82. The van der Waals surface area contributed by atoms with E-state index in [0.29, 0.717) is 32.1 Å². The fraction of sp³-hybridized carbons (Fsp3) is 0.429. The van der Waals surface area contributed by atoms with Gasteiger partial charge >= 0.3 is 6.18 Å². The van der Waals surface area contributed by atoms with E-state index in [1.165, 1.54) is 18.5 Å². The van der Waals surface area contributed by atoms with E-state index >= 15 is 0 Å². The summed E-state index contributed by atoms with van der Waals surface area (Å²) in [6.45, 7) is 2.15. The van der Waals surface area contributed by atoms with Crippen molar-refractivity contribution in [1.29, 1.82) is 0 Å². The van der Waals surface area contributed by atoms with E-state index < -0.39 is 11.7 Å². The van der Waals surface area contributed by atoms with E-state index in [9.17, 15) is 13.2 Å². The van der Waals surface area contributed by atoms with Crippen LogP contribution in [0.4, 0.5) is 13.2 Å². The molecule has 8 heteroatoms. The summed E-state index contributed by atoms with van der Waals surface area (Å²) in [4.78, 5) is 6.10. The topological polar surface area (TPSA) is 51.4 Å². The number of morpholine rings is 1. The van der Waals surface area contributed by atoms with Gasteiger partial charge in [-0.15, -0.1) is 0 Å². The van der Waals surface area contributed by atoms with Gasteiger partial charge in [-0.2, -0.15) is 18.2 Å². The average Bonchev–Trinajstić information content (AvgIpc) is 3.01. The maximum atomic E-state index is 12.6. The molecule has 0 amide bonds. The molecule has 0 aliphatic carbocycles. The molecule has 0 saturated carbocycles. The first-order chi connectivity index (χ1) is 10.5. The molecule has 2 aromatic rings. The van der Waals surface area contributed by atoms with Crippen LogP contribution in [0.3, 0.4) is 0 Å². The van der Waals surface area contributed by atoms with Gasteiger partial charge in [0.25, 0.3) is 0 Å². The smallest absolute Gasteiger partial charge is 0.378 e. The van der Waals surface area contributed by atoms with E-state index in [1.807, 2.05) is 0 Å². The van der Waals surface area contributed by atoms with Gasteiger partial charge in [-0.3, -0.25) is 4.90 Å². The lowest BCUT2D eigenvalue weighted by atomic mass is 10.1. The van der Waals surface area contributed by atoms with Gasteiger partial charge in [0.05, 0.1) is 24.8 Å². The summed E-state index contributed by atoms with van der Waals surface area (Å²) in [7, 11) is 0. The van der Waals surface area contributed by atoms with Gasteiger partial charge in [0.2, 0.25) is 6.39 Å². The molecule has 1 atom stereocenters. The highest BCUT2D eigenvalue weighted by atomic mass is 19.4. The molecule has 1 aromatic carbocycles. The predicted octanol–water partition coefficient (Wildman–Crippen LogP) is 2.66. The van der Waals surface area contributed by atoms with Crippen LogP contribution >= 0.6 is 0 Å². The number of aromatic nitrogens is 2. The number of hydrogen-bond acceptors (Lipinski definition) is 5. The number of ether oxygens (including phenoxy) is 1. The minimum atomic E-state index is -4.31. The Bertz CT molecular complexity index is 599. The first-order valence-electron chi connectivity index (χ1n) is 6.78. The van der Waals surface area contributed by atoms with Crippen molar-refractivity contribution in [2.45, 2.75) is 18.8 Å². The molecular weight excluding hydrogens is 299 g/mol. The van der Waals surface area contributed by atoms with E-state index in [2.05, 4.69) is 15.0 Å². The Hall–Kier alpha value is -1.93. The average molecular weight is 313 g/mol. The summed E-state index contributed by atoms with van der Waals surface area (Å²) in [5.41, 5.74) is 0.149. The van der Waals surface area contributed by atoms with Crippen LogP contribution in [0.25, 0.3) is 0 Å². The van der Waals surface area contributed by atoms with Crippen LogP contribution in [0, 0.1) is 0 Å². The number of hydrogen-bond donors (Lipinski definition) is 0. The highest BCUT2D eigenvalue weighted by molar-refractivity contribution is 5.24.